The van der Waals surface area contributed by atoms with Gasteiger partial charge < -0.3 is 9.64 Å². The number of morpholine rings is 1. The summed E-state index contributed by atoms with van der Waals surface area (Å²) in [7, 11) is 0. The van der Waals surface area contributed by atoms with Gasteiger partial charge in [-0.3, -0.25) is 14.9 Å². The zero-order valence-corrected chi connectivity index (χ0v) is 17.2. The van der Waals surface area contributed by atoms with Gasteiger partial charge in [-0.15, -0.1) is 0 Å². The highest BCUT2D eigenvalue weighted by molar-refractivity contribution is 7.80. The number of aryl methyl sites for hydroxylation is 1. The maximum absolute atomic E-state index is 14.3. The lowest BCUT2D eigenvalue weighted by Crippen LogP contribution is -2.54. The molecule has 6 nitrogen and oxygen atoms in total. The Morgan fingerprint density at radius 1 is 1.13 bits per heavy atom. The van der Waals surface area contributed by atoms with Crippen molar-refractivity contribution in [3.63, 3.8) is 0 Å². The Morgan fingerprint density at radius 3 is 2.57 bits per heavy atom. The van der Waals surface area contributed by atoms with Gasteiger partial charge in [0.2, 0.25) is 0 Å². The number of nitrogens with one attached hydrogen (secondary N) is 1. The van der Waals surface area contributed by atoms with Crippen LogP contribution in [0.3, 0.4) is 0 Å². The van der Waals surface area contributed by atoms with E-state index in [1.807, 2.05) is 25.1 Å². The first-order valence-electron chi connectivity index (χ1n) is 9.55. The summed E-state index contributed by atoms with van der Waals surface area (Å²) in [4.78, 5) is 28.8. The molecular formula is C22H20FN3O3S. The number of halogens is 1. The zero-order valence-electron chi connectivity index (χ0n) is 16.4. The van der Waals surface area contributed by atoms with E-state index in [-0.39, 0.29) is 16.4 Å². The molecule has 2 aliphatic heterocycles. The SMILES string of the molecule is Cc1cc(N2CCOCC2)ccc1/C=C1\C(=O)NC(=S)N(c2ccccc2F)C1=O. The Labute approximate surface area is 178 Å². The fraction of sp³-hybridized carbons (Fsp3) is 0.227. The van der Waals surface area contributed by atoms with E-state index in [9.17, 15) is 14.0 Å². The second-order valence-corrected chi connectivity index (χ2v) is 7.44. The highest BCUT2D eigenvalue weighted by Gasteiger charge is 2.35. The predicted octanol–water partition coefficient (Wildman–Crippen LogP) is 2.80. The minimum absolute atomic E-state index is 0.00205. The summed E-state index contributed by atoms with van der Waals surface area (Å²) in [6.45, 7) is 4.92. The molecule has 0 saturated carbocycles. The third-order valence-electron chi connectivity index (χ3n) is 5.12. The summed E-state index contributed by atoms with van der Waals surface area (Å²) in [6, 6.07) is 11.6. The molecule has 154 valence electrons. The standard InChI is InChI=1S/C22H20FN3O3S/c1-14-12-16(25-8-10-29-11-9-25)7-6-15(14)13-17-20(27)24-22(30)26(21(17)28)19-5-3-2-4-18(19)23/h2-7,12-13H,8-11H2,1H3,(H,24,27,30)/b17-13+. The average molecular weight is 425 g/mol. The van der Waals surface area contributed by atoms with E-state index in [1.54, 1.807) is 6.07 Å². The van der Waals surface area contributed by atoms with Crippen LogP contribution < -0.4 is 15.1 Å². The summed E-state index contributed by atoms with van der Waals surface area (Å²) in [5.74, 6) is -1.87. The normalized spacial score (nSPS) is 18.7. The number of para-hydroxylation sites is 1. The molecule has 2 aromatic carbocycles. The first kappa shape index (κ1) is 20.2. The van der Waals surface area contributed by atoms with Crippen LogP contribution in [-0.4, -0.2) is 43.2 Å². The van der Waals surface area contributed by atoms with Crippen LogP contribution in [-0.2, 0) is 14.3 Å². The van der Waals surface area contributed by atoms with Gasteiger partial charge in [0.25, 0.3) is 11.8 Å². The van der Waals surface area contributed by atoms with Gasteiger partial charge in [0, 0.05) is 18.8 Å². The number of thiocarbonyl (C=S) groups is 1. The van der Waals surface area contributed by atoms with Crippen molar-refractivity contribution in [2.24, 2.45) is 0 Å². The molecule has 1 N–H and O–H groups in total. The number of hydrogen-bond acceptors (Lipinski definition) is 5. The number of carbonyl (C=O) groups excluding carboxylic acids is 2. The minimum atomic E-state index is -0.662. The van der Waals surface area contributed by atoms with Crippen LogP contribution in [0.1, 0.15) is 11.1 Å². The molecule has 8 heteroatoms. The number of anilines is 2. The number of ether oxygens (including phenoxy) is 1. The van der Waals surface area contributed by atoms with E-state index >= 15 is 0 Å². The summed E-state index contributed by atoms with van der Waals surface area (Å²) < 4.78 is 19.6. The molecule has 2 saturated heterocycles. The first-order valence-corrected chi connectivity index (χ1v) is 9.96. The van der Waals surface area contributed by atoms with E-state index < -0.39 is 17.6 Å². The summed E-state index contributed by atoms with van der Waals surface area (Å²) >= 11 is 5.12. The molecule has 2 aliphatic rings. The van der Waals surface area contributed by atoms with Crippen molar-refractivity contribution >= 4 is 46.6 Å². The van der Waals surface area contributed by atoms with E-state index in [0.717, 1.165) is 34.8 Å². The lowest BCUT2D eigenvalue weighted by Gasteiger charge is -2.30. The third-order valence-corrected chi connectivity index (χ3v) is 5.41. The number of amides is 2. The molecule has 0 aromatic heterocycles. The maximum atomic E-state index is 14.3. The van der Waals surface area contributed by atoms with Gasteiger partial charge in [0.15, 0.2) is 5.11 Å². The number of benzene rings is 2. The van der Waals surface area contributed by atoms with Crippen LogP contribution in [0.15, 0.2) is 48.0 Å². The molecule has 4 rings (SSSR count). The molecular weight excluding hydrogens is 405 g/mol. The van der Waals surface area contributed by atoms with Crippen molar-refractivity contribution in [1.82, 2.24) is 5.32 Å². The van der Waals surface area contributed by atoms with E-state index in [4.69, 9.17) is 17.0 Å². The van der Waals surface area contributed by atoms with Gasteiger partial charge in [-0.1, -0.05) is 18.2 Å². The quantitative estimate of drug-likeness (QED) is 0.466. The molecule has 0 bridgehead atoms. The lowest BCUT2D eigenvalue weighted by molar-refractivity contribution is -0.122. The van der Waals surface area contributed by atoms with Gasteiger partial charge in [0.1, 0.15) is 11.4 Å². The highest BCUT2D eigenvalue weighted by Crippen LogP contribution is 2.26. The second-order valence-electron chi connectivity index (χ2n) is 7.05. The van der Waals surface area contributed by atoms with Crippen LogP contribution in [0, 0.1) is 12.7 Å². The predicted molar refractivity (Wildman–Crippen MR) is 117 cm³/mol. The van der Waals surface area contributed by atoms with Crippen LogP contribution >= 0.6 is 12.2 Å². The van der Waals surface area contributed by atoms with Crippen molar-refractivity contribution in [3.8, 4) is 0 Å². The highest BCUT2D eigenvalue weighted by atomic mass is 32.1. The molecule has 0 aliphatic carbocycles. The number of carbonyl (C=O) groups is 2. The van der Waals surface area contributed by atoms with Crippen molar-refractivity contribution in [1.29, 1.82) is 0 Å². The molecule has 0 atom stereocenters. The van der Waals surface area contributed by atoms with Crippen molar-refractivity contribution < 1.29 is 18.7 Å². The maximum Gasteiger partial charge on any atom is 0.270 e. The van der Waals surface area contributed by atoms with Gasteiger partial charge in [0.05, 0.1) is 18.9 Å². The molecule has 2 aromatic rings. The van der Waals surface area contributed by atoms with Crippen LogP contribution in [0.4, 0.5) is 15.8 Å². The van der Waals surface area contributed by atoms with Crippen molar-refractivity contribution in [2.75, 3.05) is 36.1 Å². The molecule has 0 unspecified atom stereocenters. The number of rotatable bonds is 3. The number of hydrogen-bond donors (Lipinski definition) is 1. The van der Waals surface area contributed by atoms with Crippen molar-refractivity contribution in [2.45, 2.75) is 6.92 Å². The Bertz CT molecular complexity index is 1060. The smallest absolute Gasteiger partial charge is 0.270 e. The minimum Gasteiger partial charge on any atom is -0.378 e. The average Bonchev–Trinajstić information content (AvgIpc) is 2.74. The van der Waals surface area contributed by atoms with Crippen LogP contribution in [0.25, 0.3) is 6.08 Å². The van der Waals surface area contributed by atoms with Gasteiger partial charge in [-0.05, 0) is 60.6 Å². The lowest BCUT2D eigenvalue weighted by atomic mass is 10.0. The fourth-order valence-corrected chi connectivity index (χ4v) is 3.78. The Hall–Kier alpha value is -3.10. The zero-order chi connectivity index (χ0) is 21.3. The monoisotopic (exact) mass is 425 g/mol. The van der Waals surface area contributed by atoms with Gasteiger partial charge >= 0.3 is 0 Å². The topological polar surface area (TPSA) is 61.9 Å². The largest absolute Gasteiger partial charge is 0.378 e. The number of nitrogens with zero attached hydrogens (tertiary/aromatic N) is 2. The summed E-state index contributed by atoms with van der Waals surface area (Å²) in [5, 5.41) is 2.33. The third kappa shape index (κ3) is 3.83. The van der Waals surface area contributed by atoms with E-state index in [1.165, 1.54) is 24.3 Å². The molecule has 2 fully saturated rings. The van der Waals surface area contributed by atoms with Crippen molar-refractivity contribution in [3.05, 3.63) is 65.0 Å². The Balaban J connectivity index is 1.66. The Morgan fingerprint density at radius 2 is 1.87 bits per heavy atom. The van der Waals surface area contributed by atoms with Crippen LogP contribution in [0.2, 0.25) is 0 Å². The molecule has 2 amide bonds. The molecule has 30 heavy (non-hydrogen) atoms. The molecule has 0 spiro atoms. The van der Waals surface area contributed by atoms with Gasteiger partial charge in [-0.25, -0.2) is 9.29 Å². The summed E-state index contributed by atoms with van der Waals surface area (Å²) in [6.07, 6.45) is 1.52. The van der Waals surface area contributed by atoms with Gasteiger partial charge in [-0.2, -0.15) is 0 Å². The fourth-order valence-electron chi connectivity index (χ4n) is 3.50. The van der Waals surface area contributed by atoms with E-state index in [0.29, 0.717) is 13.2 Å². The molecule has 2 heterocycles. The second kappa shape index (κ2) is 8.33. The summed E-state index contributed by atoms with van der Waals surface area (Å²) in [5.41, 5.74) is 2.60. The first-order chi connectivity index (χ1) is 14.5. The Kier molecular flexibility index (Phi) is 5.61. The molecule has 0 radical (unpaired) electrons. The van der Waals surface area contributed by atoms with E-state index in [2.05, 4.69) is 10.2 Å². The van der Waals surface area contributed by atoms with Crippen LogP contribution in [0.5, 0.6) is 0 Å².